The maximum absolute atomic E-state index is 5.47. The Hall–Kier alpha value is -1.20. The molecule has 1 aliphatic heterocycles. The van der Waals surface area contributed by atoms with Crippen LogP contribution in [-0.2, 0) is 4.74 Å². The number of unbranched alkanes of at least 4 members (excludes halogenated alkanes) is 1. The van der Waals surface area contributed by atoms with Gasteiger partial charge in [0.25, 0.3) is 0 Å². The van der Waals surface area contributed by atoms with E-state index in [-0.39, 0.29) is 0 Å². The van der Waals surface area contributed by atoms with Gasteiger partial charge in [-0.25, -0.2) is 0 Å². The van der Waals surface area contributed by atoms with Gasteiger partial charge >= 0.3 is 0 Å². The lowest BCUT2D eigenvalue weighted by molar-refractivity contribution is 0.123. The first-order chi connectivity index (χ1) is 10.8. The van der Waals surface area contributed by atoms with Crippen molar-refractivity contribution in [1.29, 1.82) is 0 Å². The largest absolute Gasteiger partial charge is 0.378 e. The number of anilines is 2. The molecule has 0 aromatic heterocycles. The fraction of sp³-hybridized carbons (Fsp3) is 0.588. The van der Waals surface area contributed by atoms with Gasteiger partial charge in [-0.05, 0) is 31.2 Å². The number of hydrogen-bond acceptors (Lipinski definition) is 4. The monoisotopic (exact) mass is 321 g/mol. The topological polar surface area (TPSA) is 36.9 Å². The van der Waals surface area contributed by atoms with Crippen molar-refractivity contribution in [3.63, 3.8) is 0 Å². The third kappa shape index (κ3) is 4.65. The van der Waals surface area contributed by atoms with E-state index in [9.17, 15) is 0 Å². The highest BCUT2D eigenvalue weighted by Gasteiger charge is 2.16. The highest BCUT2D eigenvalue weighted by Crippen LogP contribution is 2.30. The number of nitrogens with one attached hydrogen (secondary N) is 1. The molecule has 1 aliphatic rings. The van der Waals surface area contributed by atoms with Gasteiger partial charge in [-0.2, -0.15) is 0 Å². The van der Waals surface area contributed by atoms with Crippen LogP contribution in [0.15, 0.2) is 23.2 Å². The second-order valence-corrected chi connectivity index (χ2v) is 6.23. The number of amidine groups is 1. The van der Waals surface area contributed by atoms with Crippen molar-refractivity contribution in [2.75, 3.05) is 49.3 Å². The molecule has 1 fully saturated rings. The summed E-state index contributed by atoms with van der Waals surface area (Å²) in [5.41, 5.74) is 3.68. The summed E-state index contributed by atoms with van der Waals surface area (Å²) >= 11 is 1.67. The summed E-state index contributed by atoms with van der Waals surface area (Å²) in [6, 6.07) is 6.46. The summed E-state index contributed by atoms with van der Waals surface area (Å²) in [5, 5.41) is 4.55. The summed E-state index contributed by atoms with van der Waals surface area (Å²) in [6.07, 6.45) is 4.38. The molecule has 0 radical (unpaired) electrons. The summed E-state index contributed by atoms with van der Waals surface area (Å²) in [7, 11) is 0. The number of benzene rings is 1. The zero-order valence-corrected chi connectivity index (χ0v) is 14.7. The summed E-state index contributed by atoms with van der Waals surface area (Å²) in [5.74, 6) is 0. The van der Waals surface area contributed by atoms with Crippen LogP contribution in [0.25, 0.3) is 0 Å². The molecule has 1 aromatic rings. The summed E-state index contributed by atoms with van der Waals surface area (Å²) in [4.78, 5) is 7.07. The van der Waals surface area contributed by atoms with Crippen molar-refractivity contribution in [1.82, 2.24) is 0 Å². The molecule has 0 saturated carbocycles. The fourth-order valence-electron chi connectivity index (χ4n) is 2.48. The third-order valence-corrected chi connectivity index (χ3v) is 4.41. The Balaban J connectivity index is 2.19. The number of morpholine rings is 1. The smallest absolute Gasteiger partial charge is 0.160 e. The Morgan fingerprint density at radius 2 is 2.14 bits per heavy atom. The molecular formula is C17H27N3OS. The average molecular weight is 321 g/mol. The minimum Gasteiger partial charge on any atom is -0.378 e. The van der Waals surface area contributed by atoms with Crippen LogP contribution in [0.1, 0.15) is 25.3 Å². The molecule has 0 spiro atoms. The van der Waals surface area contributed by atoms with E-state index in [1.165, 1.54) is 23.4 Å². The lowest BCUT2D eigenvalue weighted by Gasteiger charge is -2.31. The van der Waals surface area contributed by atoms with Crippen LogP contribution in [0.4, 0.5) is 11.4 Å². The van der Waals surface area contributed by atoms with E-state index in [0.29, 0.717) is 0 Å². The van der Waals surface area contributed by atoms with Crippen LogP contribution in [0.5, 0.6) is 0 Å². The van der Waals surface area contributed by atoms with Crippen LogP contribution < -0.4 is 10.2 Å². The molecule has 1 aromatic carbocycles. The van der Waals surface area contributed by atoms with Crippen molar-refractivity contribution in [3.8, 4) is 0 Å². The van der Waals surface area contributed by atoms with Gasteiger partial charge in [0.15, 0.2) is 5.17 Å². The first-order valence-electron chi connectivity index (χ1n) is 8.04. The highest BCUT2D eigenvalue weighted by atomic mass is 32.2. The number of hydrogen-bond donors (Lipinski definition) is 1. The van der Waals surface area contributed by atoms with Crippen molar-refractivity contribution in [2.24, 2.45) is 4.99 Å². The van der Waals surface area contributed by atoms with E-state index in [2.05, 4.69) is 53.5 Å². The number of aryl methyl sites for hydroxylation is 1. The SMILES string of the molecule is CCCCN=C(Nc1c(C)cccc1N1CCOCC1)SC. The van der Waals surface area contributed by atoms with Crippen molar-refractivity contribution < 1.29 is 4.74 Å². The van der Waals surface area contributed by atoms with Crippen molar-refractivity contribution in [2.45, 2.75) is 26.7 Å². The van der Waals surface area contributed by atoms with E-state index in [4.69, 9.17) is 4.74 Å². The number of aliphatic imine (C=N–C) groups is 1. The van der Waals surface area contributed by atoms with Crippen LogP contribution in [-0.4, -0.2) is 44.3 Å². The number of ether oxygens (including phenoxy) is 1. The van der Waals surface area contributed by atoms with Gasteiger partial charge in [-0.3, -0.25) is 4.99 Å². The predicted octanol–water partition coefficient (Wildman–Crippen LogP) is 3.76. The summed E-state index contributed by atoms with van der Waals surface area (Å²) < 4.78 is 5.47. The van der Waals surface area contributed by atoms with Gasteiger partial charge in [0.1, 0.15) is 0 Å². The normalized spacial score (nSPS) is 16.0. The molecule has 1 N–H and O–H groups in total. The molecule has 0 aliphatic carbocycles. The lowest BCUT2D eigenvalue weighted by Crippen LogP contribution is -2.36. The average Bonchev–Trinajstić information content (AvgIpc) is 2.56. The molecule has 2 rings (SSSR count). The second kappa shape index (κ2) is 9.06. The zero-order chi connectivity index (χ0) is 15.8. The van der Waals surface area contributed by atoms with Crippen molar-refractivity contribution >= 4 is 28.3 Å². The molecular weight excluding hydrogens is 294 g/mol. The Bertz CT molecular complexity index is 499. The van der Waals surface area contributed by atoms with Gasteiger partial charge in [0.05, 0.1) is 24.6 Å². The van der Waals surface area contributed by atoms with E-state index in [1.54, 1.807) is 11.8 Å². The van der Waals surface area contributed by atoms with Gasteiger partial charge in [-0.15, -0.1) is 0 Å². The van der Waals surface area contributed by atoms with Gasteiger partial charge in [0, 0.05) is 19.6 Å². The molecule has 22 heavy (non-hydrogen) atoms. The van der Waals surface area contributed by atoms with Crippen LogP contribution >= 0.6 is 11.8 Å². The van der Waals surface area contributed by atoms with Gasteiger partial charge in [0.2, 0.25) is 0 Å². The molecule has 0 atom stereocenters. The van der Waals surface area contributed by atoms with Crippen molar-refractivity contribution in [3.05, 3.63) is 23.8 Å². The molecule has 122 valence electrons. The Morgan fingerprint density at radius 1 is 1.36 bits per heavy atom. The minimum absolute atomic E-state index is 0.799. The standard InChI is InChI=1S/C17H27N3OS/c1-4-5-9-18-17(22-3)19-16-14(2)7-6-8-15(16)20-10-12-21-13-11-20/h6-8H,4-5,9-13H2,1-3H3,(H,18,19). The quantitative estimate of drug-likeness (QED) is 0.509. The zero-order valence-electron chi connectivity index (χ0n) is 13.9. The van der Waals surface area contributed by atoms with Gasteiger partial charge in [-0.1, -0.05) is 37.2 Å². The number of para-hydroxylation sites is 1. The summed E-state index contributed by atoms with van der Waals surface area (Å²) in [6.45, 7) is 8.72. The molecule has 4 nitrogen and oxygen atoms in total. The Labute approximate surface area is 138 Å². The molecule has 5 heteroatoms. The molecule has 0 unspecified atom stereocenters. The highest BCUT2D eigenvalue weighted by molar-refractivity contribution is 8.13. The Kier molecular flexibility index (Phi) is 7.06. The predicted molar refractivity (Wildman–Crippen MR) is 98.6 cm³/mol. The van der Waals surface area contributed by atoms with E-state index >= 15 is 0 Å². The first kappa shape index (κ1) is 17.2. The van der Waals surface area contributed by atoms with Crippen LogP contribution in [0.3, 0.4) is 0 Å². The van der Waals surface area contributed by atoms with Crippen LogP contribution in [0, 0.1) is 6.92 Å². The number of thioether (sulfide) groups is 1. The lowest BCUT2D eigenvalue weighted by atomic mass is 10.1. The molecule has 0 bridgehead atoms. The maximum Gasteiger partial charge on any atom is 0.160 e. The van der Waals surface area contributed by atoms with E-state index in [0.717, 1.165) is 44.4 Å². The van der Waals surface area contributed by atoms with E-state index in [1.807, 2.05) is 0 Å². The van der Waals surface area contributed by atoms with E-state index < -0.39 is 0 Å². The minimum atomic E-state index is 0.799. The fourth-order valence-corrected chi connectivity index (χ4v) is 2.91. The maximum atomic E-state index is 5.47. The third-order valence-electron chi connectivity index (χ3n) is 3.79. The number of nitrogens with zero attached hydrogens (tertiary/aromatic N) is 2. The van der Waals surface area contributed by atoms with Crippen LogP contribution in [0.2, 0.25) is 0 Å². The first-order valence-corrected chi connectivity index (χ1v) is 9.26. The Morgan fingerprint density at radius 3 is 2.82 bits per heavy atom. The molecule has 1 saturated heterocycles. The molecule has 1 heterocycles. The molecule has 0 amide bonds. The van der Waals surface area contributed by atoms with Gasteiger partial charge < -0.3 is 15.0 Å². The number of rotatable bonds is 5. The second-order valence-electron chi connectivity index (χ2n) is 5.44.